The SMILES string of the molecule is N#Cc1ccc2c(c1)OCC[C@@H]2NC(=O)N1CCC[C@@H]1c1nnc(CO)n1Cc1ccc(Cl)cc1. The monoisotopic (exact) mass is 492 g/mol. The molecule has 1 saturated heterocycles. The molecule has 0 spiro atoms. The van der Waals surface area contributed by atoms with Crippen molar-refractivity contribution >= 4 is 17.6 Å². The Morgan fingerprint density at radius 3 is 2.83 bits per heavy atom. The summed E-state index contributed by atoms with van der Waals surface area (Å²) < 4.78 is 7.60. The highest BCUT2D eigenvalue weighted by Gasteiger charge is 2.36. The lowest BCUT2D eigenvalue weighted by atomic mass is 9.99. The van der Waals surface area contributed by atoms with Gasteiger partial charge in [0, 0.05) is 23.6 Å². The Kier molecular flexibility index (Phi) is 6.57. The van der Waals surface area contributed by atoms with Gasteiger partial charge in [0.1, 0.15) is 12.4 Å². The molecule has 2 aliphatic rings. The second kappa shape index (κ2) is 9.94. The van der Waals surface area contributed by atoms with Crippen LogP contribution in [0.1, 0.15) is 59.7 Å². The van der Waals surface area contributed by atoms with Gasteiger partial charge >= 0.3 is 6.03 Å². The molecule has 3 heterocycles. The van der Waals surface area contributed by atoms with E-state index in [-0.39, 0.29) is 24.7 Å². The molecule has 5 rings (SSSR count). The minimum absolute atomic E-state index is 0.179. The Morgan fingerprint density at radius 1 is 1.23 bits per heavy atom. The van der Waals surface area contributed by atoms with E-state index in [9.17, 15) is 9.90 Å². The molecule has 35 heavy (non-hydrogen) atoms. The van der Waals surface area contributed by atoms with E-state index < -0.39 is 0 Å². The van der Waals surface area contributed by atoms with E-state index in [0.29, 0.717) is 54.1 Å². The van der Waals surface area contributed by atoms with E-state index in [1.165, 1.54) is 0 Å². The lowest BCUT2D eigenvalue weighted by molar-refractivity contribution is 0.179. The third-order valence-corrected chi connectivity index (χ3v) is 6.79. The van der Waals surface area contributed by atoms with E-state index in [1.54, 1.807) is 17.0 Å². The second-order valence-corrected chi connectivity index (χ2v) is 9.14. The first kappa shape index (κ1) is 23.1. The number of nitriles is 1. The van der Waals surface area contributed by atoms with Gasteiger partial charge in [0.25, 0.3) is 0 Å². The normalized spacial score (nSPS) is 19.1. The van der Waals surface area contributed by atoms with Crippen LogP contribution in [0.4, 0.5) is 4.79 Å². The Hall–Kier alpha value is -3.61. The van der Waals surface area contributed by atoms with Gasteiger partial charge in [-0.3, -0.25) is 0 Å². The third-order valence-electron chi connectivity index (χ3n) is 6.54. The number of likely N-dealkylation sites (tertiary alicyclic amines) is 1. The van der Waals surface area contributed by atoms with Crippen LogP contribution in [0.15, 0.2) is 42.5 Å². The average molecular weight is 493 g/mol. The lowest BCUT2D eigenvalue weighted by Gasteiger charge is -2.31. The van der Waals surface area contributed by atoms with Gasteiger partial charge in [-0.1, -0.05) is 29.8 Å². The number of aromatic nitrogens is 3. The number of ether oxygens (including phenoxy) is 1. The summed E-state index contributed by atoms with van der Waals surface area (Å²) in [5.74, 6) is 1.74. The van der Waals surface area contributed by atoms with Crippen LogP contribution in [0.2, 0.25) is 5.02 Å². The standard InChI is InChI=1S/C25H25ClN6O3/c26-18-6-3-16(4-7-18)14-32-23(15-33)29-30-24(32)21-2-1-10-31(21)25(34)28-20-9-11-35-22-12-17(13-27)5-8-19(20)22/h3-8,12,20-21,33H,1-2,9-11,14-15H2,(H,28,34)/t20-,21+/m0/s1. The number of amides is 2. The quantitative estimate of drug-likeness (QED) is 0.560. The Balaban J connectivity index is 1.37. The van der Waals surface area contributed by atoms with Gasteiger partial charge in [-0.25, -0.2) is 4.79 Å². The summed E-state index contributed by atoms with van der Waals surface area (Å²) in [6.45, 7) is 1.28. The molecule has 3 aromatic rings. The first-order chi connectivity index (χ1) is 17.1. The van der Waals surface area contributed by atoms with Gasteiger partial charge in [-0.15, -0.1) is 10.2 Å². The van der Waals surface area contributed by atoms with Crippen molar-refractivity contribution in [2.24, 2.45) is 0 Å². The molecule has 2 N–H and O–H groups in total. The highest BCUT2D eigenvalue weighted by atomic mass is 35.5. The molecule has 0 radical (unpaired) electrons. The Labute approximate surface area is 207 Å². The molecule has 180 valence electrons. The van der Waals surface area contributed by atoms with E-state index in [2.05, 4.69) is 21.6 Å². The van der Waals surface area contributed by atoms with Crippen molar-refractivity contribution in [3.8, 4) is 11.8 Å². The fourth-order valence-electron chi connectivity index (χ4n) is 4.78. The Morgan fingerprint density at radius 2 is 2.06 bits per heavy atom. The van der Waals surface area contributed by atoms with E-state index in [4.69, 9.17) is 21.6 Å². The predicted octanol–water partition coefficient (Wildman–Crippen LogP) is 3.71. The van der Waals surface area contributed by atoms with Gasteiger partial charge in [0.2, 0.25) is 0 Å². The number of hydrogen-bond acceptors (Lipinski definition) is 6. The van der Waals surface area contributed by atoms with Gasteiger partial charge in [0.15, 0.2) is 11.6 Å². The number of carbonyl (C=O) groups is 1. The fourth-order valence-corrected chi connectivity index (χ4v) is 4.90. The second-order valence-electron chi connectivity index (χ2n) is 8.70. The number of nitrogens with one attached hydrogen (secondary N) is 1. The van der Waals surface area contributed by atoms with Crippen molar-refractivity contribution in [2.45, 2.75) is 44.5 Å². The first-order valence-corrected chi connectivity index (χ1v) is 12.0. The Bertz CT molecular complexity index is 1270. The fraction of sp³-hybridized carbons (Fsp3) is 0.360. The number of halogens is 1. The first-order valence-electron chi connectivity index (χ1n) is 11.6. The zero-order chi connectivity index (χ0) is 24.4. The number of aliphatic hydroxyl groups excluding tert-OH is 1. The van der Waals surface area contributed by atoms with Gasteiger partial charge < -0.3 is 24.6 Å². The molecule has 1 aromatic heterocycles. The zero-order valence-electron chi connectivity index (χ0n) is 19.0. The number of hydrogen-bond donors (Lipinski definition) is 2. The van der Waals surface area contributed by atoms with E-state index in [1.807, 2.05) is 34.9 Å². The number of fused-ring (bicyclic) bond motifs is 1. The topological polar surface area (TPSA) is 116 Å². The van der Waals surface area contributed by atoms with E-state index in [0.717, 1.165) is 24.0 Å². The summed E-state index contributed by atoms with van der Waals surface area (Å²) in [5, 5.41) is 31.4. The average Bonchev–Trinajstić information content (AvgIpc) is 3.52. The smallest absolute Gasteiger partial charge is 0.318 e. The summed E-state index contributed by atoms with van der Waals surface area (Å²) >= 11 is 6.02. The summed E-state index contributed by atoms with van der Waals surface area (Å²) in [4.78, 5) is 15.2. The van der Waals surface area contributed by atoms with Crippen LogP contribution in [0, 0.1) is 11.3 Å². The van der Waals surface area contributed by atoms with Crippen LogP contribution >= 0.6 is 11.6 Å². The van der Waals surface area contributed by atoms with Crippen molar-refractivity contribution in [2.75, 3.05) is 13.2 Å². The van der Waals surface area contributed by atoms with Crippen molar-refractivity contribution in [1.29, 1.82) is 5.26 Å². The molecule has 0 unspecified atom stereocenters. The molecule has 2 aliphatic heterocycles. The number of aliphatic hydroxyl groups is 1. The van der Waals surface area contributed by atoms with Crippen LogP contribution in [0.3, 0.4) is 0 Å². The number of benzene rings is 2. The number of urea groups is 1. The lowest BCUT2D eigenvalue weighted by Crippen LogP contribution is -2.43. The molecule has 9 nitrogen and oxygen atoms in total. The van der Waals surface area contributed by atoms with Crippen molar-refractivity contribution in [1.82, 2.24) is 25.0 Å². The zero-order valence-corrected chi connectivity index (χ0v) is 19.8. The van der Waals surface area contributed by atoms with Crippen LogP contribution < -0.4 is 10.1 Å². The largest absolute Gasteiger partial charge is 0.493 e. The predicted molar refractivity (Wildman–Crippen MR) is 128 cm³/mol. The number of nitrogens with zero attached hydrogens (tertiary/aromatic N) is 5. The van der Waals surface area contributed by atoms with Crippen molar-refractivity contribution < 1.29 is 14.6 Å². The van der Waals surface area contributed by atoms with Gasteiger partial charge in [-0.05, 0) is 42.7 Å². The number of carbonyl (C=O) groups excluding carboxylic acids is 1. The third kappa shape index (κ3) is 4.67. The minimum atomic E-state index is -0.254. The van der Waals surface area contributed by atoms with Gasteiger partial charge in [0.05, 0.1) is 36.9 Å². The molecule has 0 bridgehead atoms. The van der Waals surface area contributed by atoms with Crippen LogP contribution in [0.5, 0.6) is 5.75 Å². The highest BCUT2D eigenvalue weighted by Crippen LogP contribution is 2.35. The summed E-state index contributed by atoms with van der Waals surface area (Å²) in [5.41, 5.74) is 2.39. The summed E-state index contributed by atoms with van der Waals surface area (Å²) in [6, 6.07) is 14.3. The molecule has 0 aliphatic carbocycles. The van der Waals surface area contributed by atoms with Gasteiger partial charge in [-0.2, -0.15) is 5.26 Å². The molecule has 2 aromatic carbocycles. The maximum atomic E-state index is 13.4. The molecule has 2 amide bonds. The van der Waals surface area contributed by atoms with Crippen LogP contribution in [-0.4, -0.2) is 44.0 Å². The molecule has 0 saturated carbocycles. The molecule has 1 fully saturated rings. The number of rotatable bonds is 5. The van der Waals surface area contributed by atoms with Crippen LogP contribution in [-0.2, 0) is 13.2 Å². The van der Waals surface area contributed by atoms with Crippen LogP contribution in [0.25, 0.3) is 0 Å². The molecular weight excluding hydrogens is 468 g/mol. The van der Waals surface area contributed by atoms with Crippen molar-refractivity contribution in [3.05, 3.63) is 75.8 Å². The summed E-state index contributed by atoms with van der Waals surface area (Å²) in [7, 11) is 0. The minimum Gasteiger partial charge on any atom is -0.493 e. The molecule has 10 heteroatoms. The van der Waals surface area contributed by atoms with E-state index >= 15 is 0 Å². The van der Waals surface area contributed by atoms with Crippen molar-refractivity contribution in [3.63, 3.8) is 0 Å². The summed E-state index contributed by atoms with van der Waals surface area (Å²) in [6.07, 6.45) is 2.24. The molecule has 2 atom stereocenters. The maximum absolute atomic E-state index is 13.4. The highest BCUT2D eigenvalue weighted by molar-refractivity contribution is 6.30. The molecular formula is C25H25ClN6O3. The maximum Gasteiger partial charge on any atom is 0.318 e.